The molecule has 106 valence electrons. The lowest BCUT2D eigenvalue weighted by atomic mass is 10.1. The van der Waals surface area contributed by atoms with Gasteiger partial charge in [-0.25, -0.2) is 4.68 Å². The van der Waals surface area contributed by atoms with E-state index in [2.05, 4.69) is 21.0 Å². The van der Waals surface area contributed by atoms with Crippen molar-refractivity contribution in [1.82, 2.24) is 9.78 Å². The quantitative estimate of drug-likeness (QED) is 0.740. The van der Waals surface area contributed by atoms with E-state index in [1.807, 2.05) is 0 Å². The van der Waals surface area contributed by atoms with Crippen molar-refractivity contribution in [1.29, 1.82) is 0 Å². The molecule has 1 fully saturated rings. The van der Waals surface area contributed by atoms with Crippen molar-refractivity contribution in [2.24, 2.45) is 0 Å². The first-order valence-corrected chi connectivity index (χ1v) is 7.43. The van der Waals surface area contributed by atoms with Gasteiger partial charge < -0.3 is 0 Å². The average molecular weight is 345 g/mol. The molecular formula is C14H12BrF3N2. The van der Waals surface area contributed by atoms with Crippen LogP contribution in [0.1, 0.15) is 35.6 Å². The van der Waals surface area contributed by atoms with Gasteiger partial charge in [-0.1, -0.05) is 22.0 Å². The van der Waals surface area contributed by atoms with E-state index in [0.29, 0.717) is 16.9 Å². The normalized spacial score (nSPS) is 15.6. The summed E-state index contributed by atoms with van der Waals surface area (Å²) in [5, 5.41) is 4.93. The summed E-state index contributed by atoms with van der Waals surface area (Å²) in [5.74, 6) is 0.416. The topological polar surface area (TPSA) is 17.8 Å². The lowest BCUT2D eigenvalue weighted by molar-refractivity contribution is -0.137. The Morgan fingerprint density at radius 1 is 1.30 bits per heavy atom. The molecule has 1 aliphatic carbocycles. The fourth-order valence-corrected chi connectivity index (χ4v) is 2.74. The van der Waals surface area contributed by atoms with Gasteiger partial charge in [0, 0.05) is 16.8 Å². The second-order valence-corrected chi connectivity index (χ2v) is 5.48. The van der Waals surface area contributed by atoms with E-state index in [4.69, 9.17) is 0 Å². The molecule has 0 N–H and O–H groups in total. The Morgan fingerprint density at radius 2 is 2.05 bits per heavy atom. The molecule has 2 aromatic rings. The van der Waals surface area contributed by atoms with E-state index in [1.165, 1.54) is 6.07 Å². The Bertz CT molecular complexity index is 630. The minimum atomic E-state index is -4.33. The number of hydrogen-bond acceptors (Lipinski definition) is 1. The summed E-state index contributed by atoms with van der Waals surface area (Å²) in [7, 11) is 0. The van der Waals surface area contributed by atoms with Crippen molar-refractivity contribution in [2.75, 3.05) is 0 Å². The number of halogens is 4. The molecule has 0 bridgehead atoms. The van der Waals surface area contributed by atoms with Gasteiger partial charge in [-0.3, -0.25) is 0 Å². The molecule has 0 atom stereocenters. The number of alkyl halides is 4. The number of nitrogens with zero attached hydrogens (tertiary/aromatic N) is 2. The zero-order valence-corrected chi connectivity index (χ0v) is 12.1. The maximum absolute atomic E-state index is 12.8. The van der Waals surface area contributed by atoms with Gasteiger partial charge in [-0.05, 0) is 31.0 Å². The fraction of sp³-hybridized carbons (Fsp3) is 0.357. The molecule has 0 spiro atoms. The molecule has 0 amide bonds. The Kier molecular flexibility index (Phi) is 3.36. The highest BCUT2D eigenvalue weighted by atomic mass is 79.9. The maximum Gasteiger partial charge on any atom is 0.416 e. The minimum absolute atomic E-state index is 0.416. The van der Waals surface area contributed by atoms with Crippen LogP contribution >= 0.6 is 15.9 Å². The molecule has 0 unspecified atom stereocenters. The van der Waals surface area contributed by atoms with Gasteiger partial charge in [-0.15, -0.1) is 0 Å². The number of benzene rings is 1. The zero-order valence-electron chi connectivity index (χ0n) is 10.5. The highest BCUT2D eigenvalue weighted by molar-refractivity contribution is 9.08. The Labute approximate surface area is 122 Å². The van der Waals surface area contributed by atoms with Gasteiger partial charge in [0.2, 0.25) is 0 Å². The molecule has 0 saturated heterocycles. The molecule has 0 radical (unpaired) electrons. The zero-order chi connectivity index (χ0) is 14.3. The summed E-state index contributed by atoms with van der Waals surface area (Å²) in [4.78, 5) is 0. The summed E-state index contributed by atoms with van der Waals surface area (Å²) in [6, 6.07) is 5.31. The van der Waals surface area contributed by atoms with Crippen LogP contribution in [0.25, 0.3) is 5.69 Å². The summed E-state index contributed by atoms with van der Waals surface area (Å²) in [5.41, 5.74) is 1.90. The molecule has 0 aliphatic heterocycles. The molecular weight excluding hydrogens is 333 g/mol. The highest BCUT2D eigenvalue weighted by Crippen LogP contribution is 2.43. The lowest BCUT2D eigenvalue weighted by Crippen LogP contribution is -2.08. The minimum Gasteiger partial charge on any atom is -0.237 e. The predicted octanol–water partition coefficient (Wildman–Crippen LogP) is 4.66. The SMILES string of the molecule is FC(F)(F)c1cccc(-n2ncc(CBr)c2C2CC2)c1. The van der Waals surface area contributed by atoms with E-state index in [1.54, 1.807) is 16.9 Å². The monoisotopic (exact) mass is 344 g/mol. The van der Waals surface area contributed by atoms with Gasteiger partial charge in [0.1, 0.15) is 0 Å². The van der Waals surface area contributed by atoms with Gasteiger partial charge in [0.25, 0.3) is 0 Å². The summed E-state index contributed by atoms with van der Waals surface area (Å²) in [6.07, 6.45) is -0.459. The summed E-state index contributed by atoms with van der Waals surface area (Å²) < 4.78 is 40.0. The van der Waals surface area contributed by atoms with Crippen LogP contribution in [0.4, 0.5) is 13.2 Å². The van der Waals surface area contributed by atoms with Crippen LogP contribution in [0.15, 0.2) is 30.5 Å². The number of hydrogen-bond donors (Lipinski definition) is 0. The summed E-state index contributed by atoms with van der Waals surface area (Å²) in [6.45, 7) is 0. The molecule has 1 aromatic heterocycles. The van der Waals surface area contributed by atoms with Crippen molar-refractivity contribution in [2.45, 2.75) is 30.3 Å². The second-order valence-electron chi connectivity index (χ2n) is 4.92. The van der Waals surface area contributed by atoms with Crippen LogP contribution in [-0.4, -0.2) is 9.78 Å². The largest absolute Gasteiger partial charge is 0.416 e. The smallest absolute Gasteiger partial charge is 0.237 e. The van der Waals surface area contributed by atoms with E-state index in [9.17, 15) is 13.2 Å². The first-order valence-electron chi connectivity index (χ1n) is 6.31. The molecule has 1 heterocycles. The highest BCUT2D eigenvalue weighted by Gasteiger charge is 2.32. The van der Waals surface area contributed by atoms with Crippen LogP contribution < -0.4 is 0 Å². The second kappa shape index (κ2) is 4.91. The fourth-order valence-electron chi connectivity index (χ4n) is 2.31. The predicted molar refractivity (Wildman–Crippen MR) is 73.2 cm³/mol. The molecule has 20 heavy (non-hydrogen) atoms. The van der Waals surface area contributed by atoms with E-state index in [-0.39, 0.29) is 0 Å². The first-order chi connectivity index (χ1) is 9.50. The van der Waals surface area contributed by atoms with Crippen LogP contribution in [-0.2, 0) is 11.5 Å². The van der Waals surface area contributed by atoms with Gasteiger partial charge in [0.05, 0.1) is 23.1 Å². The van der Waals surface area contributed by atoms with Crippen LogP contribution in [0.5, 0.6) is 0 Å². The Balaban J connectivity index is 2.07. The third-order valence-electron chi connectivity index (χ3n) is 3.41. The van der Waals surface area contributed by atoms with Crippen LogP contribution in [0.2, 0.25) is 0 Å². The third kappa shape index (κ3) is 2.49. The third-order valence-corrected chi connectivity index (χ3v) is 4.02. The number of aromatic nitrogens is 2. The number of rotatable bonds is 3. The van der Waals surface area contributed by atoms with Crippen LogP contribution in [0.3, 0.4) is 0 Å². The van der Waals surface area contributed by atoms with Crippen LogP contribution in [0, 0.1) is 0 Å². The Morgan fingerprint density at radius 3 is 2.65 bits per heavy atom. The summed E-state index contributed by atoms with van der Waals surface area (Å²) >= 11 is 3.40. The van der Waals surface area contributed by atoms with Crippen molar-refractivity contribution in [3.63, 3.8) is 0 Å². The van der Waals surface area contributed by atoms with Gasteiger partial charge in [-0.2, -0.15) is 18.3 Å². The standard InChI is InChI=1S/C14H12BrF3N2/c15-7-10-8-19-20(13(10)9-4-5-9)12-3-1-2-11(6-12)14(16,17)18/h1-3,6,8-9H,4-5,7H2. The van der Waals surface area contributed by atoms with Crippen molar-refractivity contribution >= 4 is 15.9 Å². The van der Waals surface area contributed by atoms with Crippen molar-refractivity contribution in [3.05, 3.63) is 47.3 Å². The van der Waals surface area contributed by atoms with Gasteiger partial charge >= 0.3 is 6.18 Å². The van der Waals surface area contributed by atoms with E-state index >= 15 is 0 Å². The first kappa shape index (κ1) is 13.7. The molecule has 1 aliphatic rings. The van der Waals surface area contributed by atoms with Gasteiger partial charge in [0.15, 0.2) is 0 Å². The van der Waals surface area contributed by atoms with Crippen molar-refractivity contribution in [3.8, 4) is 5.69 Å². The Hall–Kier alpha value is -1.30. The lowest BCUT2D eigenvalue weighted by Gasteiger charge is -2.11. The molecule has 1 saturated carbocycles. The molecule has 3 rings (SSSR count). The van der Waals surface area contributed by atoms with Crippen molar-refractivity contribution < 1.29 is 13.2 Å². The van der Waals surface area contributed by atoms with E-state index < -0.39 is 11.7 Å². The molecule has 1 aromatic carbocycles. The maximum atomic E-state index is 12.8. The molecule has 6 heteroatoms. The molecule has 2 nitrogen and oxygen atoms in total. The average Bonchev–Trinajstić information content (AvgIpc) is 3.17. The van der Waals surface area contributed by atoms with E-state index in [0.717, 1.165) is 36.2 Å².